The van der Waals surface area contributed by atoms with Gasteiger partial charge in [0.2, 0.25) is 5.91 Å². The van der Waals surface area contributed by atoms with E-state index in [1.807, 2.05) is 24.3 Å². The van der Waals surface area contributed by atoms with Gasteiger partial charge in [0, 0.05) is 30.5 Å². The maximum Gasteiger partial charge on any atom is 0.233 e. The van der Waals surface area contributed by atoms with E-state index in [9.17, 15) is 4.79 Å². The topological polar surface area (TPSA) is 63.9 Å². The standard InChI is InChI=1S/C24H29N5OS/c1-3-28(20-10-5-4-6-11-20)22(30)17-31-24-27-26-23(19-13-15-25-16-14-19)29(24)21-12-8-7-9-18(21)2/h7-9,12-16,20H,3-6,10-11,17H2,1-2H3. The van der Waals surface area contributed by atoms with Crippen molar-refractivity contribution in [3.8, 4) is 17.1 Å². The van der Waals surface area contributed by atoms with Crippen molar-refractivity contribution in [2.24, 2.45) is 0 Å². The second kappa shape index (κ2) is 10.1. The second-order valence-electron chi connectivity index (χ2n) is 7.92. The van der Waals surface area contributed by atoms with Crippen molar-refractivity contribution < 1.29 is 4.79 Å². The van der Waals surface area contributed by atoms with Gasteiger partial charge in [-0.15, -0.1) is 10.2 Å². The number of pyridine rings is 1. The Bertz CT molecular complexity index is 1010. The van der Waals surface area contributed by atoms with E-state index in [1.54, 1.807) is 12.4 Å². The van der Waals surface area contributed by atoms with Crippen LogP contribution in [0.1, 0.15) is 44.6 Å². The Morgan fingerprint density at radius 2 is 1.84 bits per heavy atom. The van der Waals surface area contributed by atoms with Crippen LogP contribution < -0.4 is 0 Å². The Morgan fingerprint density at radius 3 is 2.55 bits per heavy atom. The van der Waals surface area contributed by atoms with Crippen LogP contribution in [-0.2, 0) is 4.79 Å². The quantitative estimate of drug-likeness (QED) is 0.493. The minimum Gasteiger partial charge on any atom is -0.339 e. The van der Waals surface area contributed by atoms with Gasteiger partial charge in [-0.25, -0.2) is 0 Å². The van der Waals surface area contributed by atoms with Gasteiger partial charge in [-0.3, -0.25) is 14.3 Å². The normalized spacial score (nSPS) is 14.5. The highest BCUT2D eigenvalue weighted by atomic mass is 32.2. The van der Waals surface area contributed by atoms with Gasteiger partial charge >= 0.3 is 0 Å². The van der Waals surface area contributed by atoms with E-state index in [0.29, 0.717) is 11.8 Å². The lowest BCUT2D eigenvalue weighted by molar-refractivity contribution is -0.131. The molecule has 1 amide bonds. The Hall–Kier alpha value is -2.67. The predicted octanol–water partition coefficient (Wildman–Crippen LogP) is 4.91. The average Bonchev–Trinajstić information content (AvgIpc) is 3.23. The lowest BCUT2D eigenvalue weighted by Gasteiger charge is -2.33. The highest BCUT2D eigenvalue weighted by Crippen LogP contribution is 2.30. The molecule has 1 fully saturated rings. The first kappa shape index (κ1) is 21.6. The smallest absolute Gasteiger partial charge is 0.233 e. The first-order chi connectivity index (χ1) is 15.2. The summed E-state index contributed by atoms with van der Waals surface area (Å²) in [7, 11) is 0. The van der Waals surface area contributed by atoms with Crippen LogP contribution in [0.3, 0.4) is 0 Å². The maximum atomic E-state index is 13.1. The lowest BCUT2D eigenvalue weighted by Crippen LogP contribution is -2.42. The van der Waals surface area contributed by atoms with Crippen molar-refractivity contribution in [3.63, 3.8) is 0 Å². The zero-order valence-electron chi connectivity index (χ0n) is 18.2. The number of thioether (sulfide) groups is 1. The third-order valence-electron chi connectivity index (χ3n) is 5.93. The molecule has 0 spiro atoms. The summed E-state index contributed by atoms with van der Waals surface area (Å²) in [5.41, 5.74) is 3.10. The Morgan fingerprint density at radius 1 is 1.10 bits per heavy atom. The van der Waals surface area contributed by atoms with Gasteiger partial charge in [0.05, 0.1) is 11.4 Å². The van der Waals surface area contributed by atoms with Crippen LogP contribution in [-0.4, -0.2) is 48.9 Å². The van der Waals surface area contributed by atoms with Crippen LogP contribution in [0, 0.1) is 6.92 Å². The zero-order chi connectivity index (χ0) is 21.6. The molecule has 3 aromatic rings. The zero-order valence-corrected chi connectivity index (χ0v) is 19.0. The number of para-hydroxylation sites is 1. The molecule has 7 heteroatoms. The van der Waals surface area contributed by atoms with Crippen LogP contribution in [0.5, 0.6) is 0 Å². The van der Waals surface area contributed by atoms with Crippen molar-refractivity contribution in [1.82, 2.24) is 24.6 Å². The van der Waals surface area contributed by atoms with Crippen molar-refractivity contribution in [1.29, 1.82) is 0 Å². The Kier molecular flexibility index (Phi) is 7.02. The number of hydrogen-bond acceptors (Lipinski definition) is 5. The fourth-order valence-corrected chi connectivity index (χ4v) is 5.15. The molecule has 1 aromatic carbocycles. The van der Waals surface area contributed by atoms with Gasteiger partial charge in [0.25, 0.3) is 0 Å². The summed E-state index contributed by atoms with van der Waals surface area (Å²) in [4.78, 5) is 19.3. The number of nitrogens with zero attached hydrogens (tertiary/aromatic N) is 5. The molecular weight excluding hydrogens is 406 g/mol. The predicted molar refractivity (Wildman–Crippen MR) is 124 cm³/mol. The molecule has 6 nitrogen and oxygen atoms in total. The molecule has 2 heterocycles. The summed E-state index contributed by atoms with van der Waals surface area (Å²) >= 11 is 1.46. The van der Waals surface area contributed by atoms with E-state index >= 15 is 0 Å². The van der Waals surface area contributed by atoms with Gasteiger partial charge in [0.1, 0.15) is 0 Å². The highest BCUT2D eigenvalue weighted by molar-refractivity contribution is 7.99. The summed E-state index contributed by atoms with van der Waals surface area (Å²) in [6, 6.07) is 12.4. The third-order valence-corrected chi connectivity index (χ3v) is 6.84. The number of aromatic nitrogens is 4. The molecule has 1 aliphatic carbocycles. The highest BCUT2D eigenvalue weighted by Gasteiger charge is 2.25. The first-order valence-corrected chi connectivity index (χ1v) is 12.0. The van der Waals surface area contributed by atoms with Gasteiger partial charge in [-0.1, -0.05) is 49.2 Å². The van der Waals surface area contributed by atoms with E-state index in [2.05, 4.69) is 50.6 Å². The van der Waals surface area contributed by atoms with E-state index < -0.39 is 0 Å². The van der Waals surface area contributed by atoms with E-state index in [4.69, 9.17) is 0 Å². The SMILES string of the molecule is CCN(C(=O)CSc1nnc(-c2ccncc2)n1-c1ccccc1C)C1CCCCC1. The van der Waals surface area contributed by atoms with Crippen molar-refractivity contribution in [2.75, 3.05) is 12.3 Å². The first-order valence-electron chi connectivity index (χ1n) is 11.0. The average molecular weight is 436 g/mol. The molecule has 0 aliphatic heterocycles. The van der Waals surface area contributed by atoms with Crippen molar-refractivity contribution in [3.05, 3.63) is 54.4 Å². The Balaban J connectivity index is 1.60. The summed E-state index contributed by atoms with van der Waals surface area (Å²) in [5.74, 6) is 1.31. The maximum absolute atomic E-state index is 13.1. The van der Waals surface area contributed by atoms with Gasteiger partial charge in [-0.2, -0.15) is 0 Å². The molecule has 0 radical (unpaired) electrons. The second-order valence-corrected chi connectivity index (χ2v) is 8.87. The van der Waals surface area contributed by atoms with Gasteiger partial charge < -0.3 is 4.90 Å². The molecular formula is C24H29N5OS. The third kappa shape index (κ3) is 4.82. The molecule has 0 saturated heterocycles. The number of amides is 1. The van der Waals surface area contributed by atoms with Crippen LogP contribution in [0.25, 0.3) is 17.1 Å². The van der Waals surface area contributed by atoms with E-state index in [0.717, 1.165) is 47.2 Å². The molecule has 0 atom stereocenters. The van der Waals surface area contributed by atoms with Crippen LogP contribution in [0.2, 0.25) is 0 Å². The summed E-state index contributed by atoms with van der Waals surface area (Å²) < 4.78 is 2.06. The Labute approximate surface area is 188 Å². The number of aryl methyl sites for hydroxylation is 1. The molecule has 0 N–H and O–H groups in total. The molecule has 0 unspecified atom stereocenters. The van der Waals surface area contributed by atoms with E-state index in [-0.39, 0.29) is 5.91 Å². The fourth-order valence-electron chi connectivity index (χ4n) is 4.32. The largest absolute Gasteiger partial charge is 0.339 e. The minimum absolute atomic E-state index is 0.184. The van der Waals surface area contributed by atoms with E-state index in [1.165, 1.54) is 31.0 Å². The summed E-state index contributed by atoms with van der Waals surface area (Å²) in [5, 5.41) is 9.67. The van der Waals surface area contributed by atoms with Crippen molar-refractivity contribution >= 4 is 17.7 Å². The number of benzene rings is 1. The lowest BCUT2D eigenvalue weighted by atomic mass is 9.94. The molecule has 1 saturated carbocycles. The minimum atomic E-state index is 0.184. The number of carbonyl (C=O) groups excluding carboxylic acids is 1. The molecule has 1 aliphatic rings. The van der Waals surface area contributed by atoms with Gasteiger partial charge in [-0.05, 0) is 50.5 Å². The molecule has 162 valence electrons. The molecule has 4 rings (SSSR count). The van der Waals surface area contributed by atoms with Crippen LogP contribution in [0.4, 0.5) is 0 Å². The number of hydrogen-bond donors (Lipinski definition) is 0. The van der Waals surface area contributed by atoms with Crippen LogP contribution in [0.15, 0.2) is 53.9 Å². The fraction of sp³-hybridized carbons (Fsp3) is 0.417. The molecule has 0 bridgehead atoms. The summed E-state index contributed by atoms with van der Waals surface area (Å²) in [6.07, 6.45) is 9.48. The molecule has 2 aromatic heterocycles. The van der Waals surface area contributed by atoms with Crippen LogP contribution >= 0.6 is 11.8 Å². The monoisotopic (exact) mass is 435 g/mol. The van der Waals surface area contributed by atoms with Gasteiger partial charge in [0.15, 0.2) is 11.0 Å². The van der Waals surface area contributed by atoms with Crippen molar-refractivity contribution in [2.45, 2.75) is 57.1 Å². The number of rotatable bonds is 7. The molecule has 31 heavy (non-hydrogen) atoms. The summed E-state index contributed by atoms with van der Waals surface area (Å²) in [6.45, 7) is 4.92. The number of carbonyl (C=O) groups is 1.